The number of allylic oxidation sites excluding steroid dienone is 1. The Morgan fingerprint density at radius 3 is 2.43 bits per heavy atom. The molecule has 0 N–H and O–H groups in total. The summed E-state index contributed by atoms with van der Waals surface area (Å²) in [6.45, 7) is 8.39. The third-order valence-corrected chi connectivity index (χ3v) is 7.49. The van der Waals surface area contributed by atoms with Gasteiger partial charge in [-0.2, -0.15) is 0 Å². The predicted octanol–water partition coefficient (Wildman–Crippen LogP) is 5.46. The maximum atomic E-state index is 13.7. The molecule has 35 heavy (non-hydrogen) atoms. The van der Waals surface area contributed by atoms with Crippen LogP contribution in [0.4, 0.5) is 0 Å². The standard InChI is InChI=1S/C28H29BrN2O3S/c1-5-7-22-24(27(33)34-6-2)25(20-12-10-19(11-13-20)17(3)4)31-26(32)23(35-28(31)30-22)16-18-8-14-21(29)15-9-18/h8-17,25H,5-7H2,1-4H3/b23-16-. The molecule has 4 rings (SSSR count). The third kappa shape index (κ3) is 5.26. The van der Waals surface area contributed by atoms with E-state index < -0.39 is 12.0 Å². The van der Waals surface area contributed by atoms with Gasteiger partial charge in [-0.1, -0.05) is 90.9 Å². The summed E-state index contributed by atoms with van der Waals surface area (Å²) >= 11 is 4.81. The van der Waals surface area contributed by atoms with Crippen LogP contribution in [-0.4, -0.2) is 17.1 Å². The molecule has 1 unspecified atom stereocenters. The summed E-state index contributed by atoms with van der Waals surface area (Å²) in [5.41, 5.74) is 3.99. The van der Waals surface area contributed by atoms with Gasteiger partial charge in [0.25, 0.3) is 5.56 Å². The Labute approximate surface area is 217 Å². The van der Waals surface area contributed by atoms with E-state index in [-0.39, 0.29) is 12.2 Å². The molecule has 1 atom stereocenters. The highest BCUT2D eigenvalue weighted by Gasteiger charge is 2.34. The van der Waals surface area contributed by atoms with Gasteiger partial charge in [0.1, 0.15) is 0 Å². The minimum absolute atomic E-state index is 0.160. The number of hydrogen-bond donors (Lipinski definition) is 0. The number of carbonyl (C=O) groups excluding carboxylic acids is 1. The number of esters is 1. The van der Waals surface area contributed by atoms with Crippen LogP contribution >= 0.6 is 27.3 Å². The second-order valence-corrected chi connectivity index (χ2v) is 10.7. The van der Waals surface area contributed by atoms with Crippen LogP contribution in [0, 0.1) is 0 Å². The number of halogens is 1. The fourth-order valence-electron chi connectivity index (χ4n) is 4.21. The van der Waals surface area contributed by atoms with Crippen LogP contribution in [0.3, 0.4) is 0 Å². The minimum atomic E-state index is -0.583. The molecule has 3 aromatic rings. The number of nitrogens with zero attached hydrogens (tertiary/aromatic N) is 2. The number of carbonyl (C=O) groups is 1. The van der Waals surface area contributed by atoms with Crippen molar-refractivity contribution in [3.8, 4) is 0 Å². The van der Waals surface area contributed by atoms with Crippen molar-refractivity contribution >= 4 is 39.3 Å². The van der Waals surface area contributed by atoms with E-state index in [1.165, 1.54) is 16.9 Å². The lowest BCUT2D eigenvalue weighted by atomic mass is 9.92. The molecule has 0 spiro atoms. The first kappa shape index (κ1) is 25.3. The van der Waals surface area contributed by atoms with Gasteiger partial charge in [0.05, 0.1) is 28.5 Å². The average molecular weight is 554 g/mol. The Hall–Kier alpha value is -2.77. The van der Waals surface area contributed by atoms with Crippen LogP contribution in [0.15, 0.2) is 74.1 Å². The van der Waals surface area contributed by atoms with E-state index >= 15 is 0 Å². The summed E-state index contributed by atoms with van der Waals surface area (Å²) in [4.78, 5) is 32.4. The van der Waals surface area contributed by atoms with Crippen LogP contribution in [-0.2, 0) is 9.53 Å². The molecule has 2 aromatic carbocycles. The Balaban J connectivity index is 1.97. The monoisotopic (exact) mass is 552 g/mol. The van der Waals surface area contributed by atoms with E-state index in [0.29, 0.717) is 32.9 Å². The lowest BCUT2D eigenvalue weighted by molar-refractivity contribution is -0.139. The highest BCUT2D eigenvalue weighted by atomic mass is 79.9. The zero-order valence-electron chi connectivity index (χ0n) is 20.4. The van der Waals surface area contributed by atoms with Gasteiger partial charge in [-0.05, 0) is 54.2 Å². The van der Waals surface area contributed by atoms with Gasteiger partial charge in [0.15, 0.2) is 4.80 Å². The highest BCUT2D eigenvalue weighted by Crippen LogP contribution is 2.33. The first-order valence-electron chi connectivity index (χ1n) is 11.9. The van der Waals surface area contributed by atoms with Crippen molar-refractivity contribution in [2.75, 3.05) is 6.61 Å². The molecule has 0 amide bonds. The quantitative estimate of drug-likeness (QED) is 0.365. The summed E-state index contributed by atoms with van der Waals surface area (Å²) in [6.07, 6.45) is 3.34. The summed E-state index contributed by atoms with van der Waals surface area (Å²) in [7, 11) is 0. The summed E-state index contributed by atoms with van der Waals surface area (Å²) < 4.78 is 8.67. The van der Waals surface area contributed by atoms with Crippen LogP contribution in [0.25, 0.3) is 6.08 Å². The third-order valence-electron chi connectivity index (χ3n) is 5.98. The number of benzene rings is 2. The maximum absolute atomic E-state index is 13.7. The van der Waals surface area contributed by atoms with Gasteiger partial charge in [-0.25, -0.2) is 9.79 Å². The van der Waals surface area contributed by atoms with Gasteiger partial charge in [-0.15, -0.1) is 0 Å². The van der Waals surface area contributed by atoms with Crippen LogP contribution in [0.5, 0.6) is 0 Å². The van der Waals surface area contributed by atoms with Crippen molar-refractivity contribution in [2.24, 2.45) is 4.99 Å². The first-order valence-corrected chi connectivity index (χ1v) is 13.5. The molecule has 1 aliphatic heterocycles. The molecule has 1 aliphatic rings. The minimum Gasteiger partial charge on any atom is -0.463 e. The molecule has 182 valence electrons. The zero-order valence-corrected chi connectivity index (χ0v) is 22.8. The van der Waals surface area contributed by atoms with Crippen molar-refractivity contribution in [3.63, 3.8) is 0 Å². The van der Waals surface area contributed by atoms with E-state index in [1.807, 2.05) is 42.5 Å². The Morgan fingerprint density at radius 2 is 1.83 bits per heavy atom. The van der Waals surface area contributed by atoms with Crippen LogP contribution < -0.4 is 14.9 Å². The first-order chi connectivity index (χ1) is 16.8. The summed E-state index contributed by atoms with van der Waals surface area (Å²) in [5.74, 6) is -0.0347. The number of thiazole rings is 1. The van der Waals surface area contributed by atoms with Gasteiger partial charge in [0.2, 0.25) is 0 Å². The van der Waals surface area contributed by atoms with E-state index in [4.69, 9.17) is 9.73 Å². The fourth-order valence-corrected chi connectivity index (χ4v) is 5.49. The van der Waals surface area contributed by atoms with Gasteiger partial charge >= 0.3 is 5.97 Å². The van der Waals surface area contributed by atoms with Crippen molar-refractivity contribution in [2.45, 2.75) is 52.5 Å². The van der Waals surface area contributed by atoms with E-state index in [2.05, 4.69) is 48.8 Å². The molecule has 0 bridgehead atoms. The summed E-state index contributed by atoms with van der Waals surface area (Å²) in [5, 5.41) is 0. The molecule has 7 heteroatoms. The predicted molar refractivity (Wildman–Crippen MR) is 144 cm³/mol. The number of rotatable bonds is 7. The Morgan fingerprint density at radius 1 is 1.14 bits per heavy atom. The average Bonchev–Trinajstić information content (AvgIpc) is 3.14. The van der Waals surface area contributed by atoms with Crippen molar-refractivity contribution in [1.82, 2.24) is 4.57 Å². The molecular formula is C28H29BrN2O3S. The second kappa shape index (κ2) is 10.9. The Kier molecular flexibility index (Phi) is 7.87. The number of hydrogen-bond acceptors (Lipinski definition) is 5. The van der Waals surface area contributed by atoms with Crippen molar-refractivity contribution in [3.05, 3.63) is 101 Å². The number of aromatic nitrogens is 1. The van der Waals surface area contributed by atoms with E-state index in [9.17, 15) is 9.59 Å². The highest BCUT2D eigenvalue weighted by molar-refractivity contribution is 9.10. The lowest BCUT2D eigenvalue weighted by Crippen LogP contribution is -2.40. The van der Waals surface area contributed by atoms with Gasteiger partial charge in [-0.3, -0.25) is 9.36 Å². The lowest BCUT2D eigenvalue weighted by Gasteiger charge is -2.26. The smallest absolute Gasteiger partial charge is 0.338 e. The van der Waals surface area contributed by atoms with Gasteiger partial charge in [0, 0.05) is 4.47 Å². The fraction of sp³-hybridized carbons (Fsp3) is 0.321. The molecule has 5 nitrogen and oxygen atoms in total. The normalized spacial score (nSPS) is 15.8. The summed E-state index contributed by atoms with van der Waals surface area (Å²) in [6, 6.07) is 15.4. The van der Waals surface area contributed by atoms with E-state index in [1.54, 1.807) is 11.5 Å². The number of ether oxygens (including phenoxy) is 1. The van der Waals surface area contributed by atoms with Gasteiger partial charge < -0.3 is 4.74 Å². The molecule has 2 heterocycles. The van der Waals surface area contributed by atoms with Crippen LogP contribution in [0.2, 0.25) is 0 Å². The molecule has 0 saturated carbocycles. The van der Waals surface area contributed by atoms with Crippen molar-refractivity contribution < 1.29 is 9.53 Å². The molecule has 0 saturated heterocycles. The van der Waals surface area contributed by atoms with Crippen molar-refractivity contribution in [1.29, 1.82) is 0 Å². The molecule has 0 radical (unpaired) electrons. The number of fused-ring (bicyclic) bond motifs is 1. The topological polar surface area (TPSA) is 60.7 Å². The molecule has 1 aromatic heterocycles. The maximum Gasteiger partial charge on any atom is 0.338 e. The zero-order chi connectivity index (χ0) is 25.1. The molecule has 0 aliphatic carbocycles. The molecule has 0 fully saturated rings. The molecular weight excluding hydrogens is 524 g/mol. The largest absolute Gasteiger partial charge is 0.463 e. The SMILES string of the molecule is CCCC1=C(C(=O)OCC)C(c2ccc(C(C)C)cc2)n2c(s/c(=C\c3ccc(Br)cc3)c2=O)=N1. The van der Waals surface area contributed by atoms with E-state index in [0.717, 1.165) is 22.0 Å². The van der Waals surface area contributed by atoms with Crippen LogP contribution in [0.1, 0.15) is 69.2 Å². The second-order valence-electron chi connectivity index (χ2n) is 8.79. The Bertz CT molecular complexity index is 1430.